The molecule has 4 bridgehead atoms. The summed E-state index contributed by atoms with van der Waals surface area (Å²) < 4.78 is 0. The van der Waals surface area contributed by atoms with Gasteiger partial charge in [0.25, 0.3) is 0 Å². The van der Waals surface area contributed by atoms with Crippen LogP contribution >= 0.6 is 0 Å². The summed E-state index contributed by atoms with van der Waals surface area (Å²) in [5, 5.41) is 0. The molecule has 17 heavy (non-hydrogen) atoms. The lowest BCUT2D eigenvalue weighted by molar-refractivity contribution is 0.0620. The Labute approximate surface area is 103 Å². The summed E-state index contributed by atoms with van der Waals surface area (Å²) in [6.07, 6.45) is 8.53. The molecule has 2 N–H and O–H groups in total. The first-order valence-corrected chi connectivity index (χ1v) is 6.93. The van der Waals surface area contributed by atoms with E-state index in [0.29, 0.717) is 5.41 Å². The Balaban J connectivity index is 1.77. The highest BCUT2D eigenvalue weighted by molar-refractivity contribution is 5.45. The molecule has 5 rings (SSSR count). The fourth-order valence-corrected chi connectivity index (χ4v) is 5.01. The summed E-state index contributed by atoms with van der Waals surface area (Å²) >= 11 is 0. The van der Waals surface area contributed by atoms with Crippen LogP contribution in [0.2, 0.25) is 0 Å². The minimum Gasteiger partial charge on any atom is -0.399 e. The lowest BCUT2D eigenvalue weighted by Gasteiger charge is -2.57. The maximum absolute atomic E-state index is 5.97. The van der Waals surface area contributed by atoms with Crippen LogP contribution in [-0.2, 0) is 5.41 Å². The van der Waals surface area contributed by atoms with Crippen molar-refractivity contribution in [2.75, 3.05) is 5.73 Å². The summed E-state index contributed by atoms with van der Waals surface area (Å²) in [6, 6.07) is 8.68. The van der Waals surface area contributed by atoms with Crippen molar-refractivity contribution in [1.29, 1.82) is 0 Å². The van der Waals surface area contributed by atoms with E-state index in [1.165, 1.54) is 44.1 Å². The van der Waals surface area contributed by atoms with Crippen LogP contribution in [0.3, 0.4) is 0 Å². The zero-order valence-corrected chi connectivity index (χ0v) is 10.3. The highest BCUT2D eigenvalue weighted by Gasteiger charge is 2.51. The van der Waals surface area contributed by atoms with Gasteiger partial charge in [-0.1, -0.05) is 12.1 Å². The quantitative estimate of drug-likeness (QED) is 0.726. The molecular weight excluding hydrogens is 206 g/mol. The van der Waals surface area contributed by atoms with Crippen LogP contribution in [0.1, 0.15) is 44.1 Å². The average molecular weight is 226 g/mol. The second-order valence-electron chi connectivity index (χ2n) is 6.62. The number of benzene rings is 1. The molecule has 4 aliphatic rings. The van der Waals surface area contributed by atoms with Crippen molar-refractivity contribution < 1.29 is 0 Å². The second-order valence-corrected chi connectivity index (χ2v) is 6.62. The van der Waals surface area contributed by atoms with E-state index in [1.807, 2.05) is 12.0 Å². The van der Waals surface area contributed by atoms with E-state index in [9.17, 15) is 0 Å². The van der Waals surface area contributed by atoms with Crippen LogP contribution < -0.4 is 5.73 Å². The van der Waals surface area contributed by atoms with Gasteiger partial charge < -0.3 is 5.73 Å². The standard InChI is InChI=1S/C16H20N/c17-15-3-1-2-14(7-15)16-8-11-4-12(9-16)6-13(5-11)10-16/h1-3,7,11-12H,4-6,8-10,17H2. The fraction of sp³-hybridized carbons (Fsp3) is 0.562. The molecule has 1 nitrogen and oxygen atoms in total. The molecule has 0 aromatic heterocycles. The Morgan fingerprint density at radius 1 is 1.12 bits per heavy atom. The van der Waals surface area contributed by atoms with Crippen LogP contribution in [-0.4, -0.2) is 0 Å². The zero-order chi connectivity index (χ0) is 11.5. The molecule has 0 heterocycles. The van der Waals surface area contributed by atoms with Gasteiger partial charge in [0.1, 0.15) is 0 Å². The van der Waals surface area contributed by atoms with Gasteiger partial charge in [-0.25, -0.2) is 0 Å². The molecule has 2 atom stereocenters. The van der Waals surface area contributed by atoms with Crippen LogP contribution in [0.5, 0.6) is 0 Å². The number of nitrogens with two attached hydrogens (primary N) is 1. The lowest BCUT2D eigenvalue weighted by Crippen LogP contribution is -2.47. The van der Waals surface area contributed by atoms with Gasteiger partial charge in [0.2, 0.25) is 0 Å². The predicted octanol–water partition coefficient (Wildman–Crippen LogP) is 3.69. The highest BCUT2D eigenvalue weighted by Crippen LogP contribution is 2.61. The molecular formula is C16H20N. The monoisotopic (exact) mass is 226 g/mol. The van der Waals surface area contributed by atoms with E-state index in [-0.39, 0.29) is 0 Å². The normalized spacial score (nSPS) is 39.8. The van der Waals surface area contributed by atoms with Crippen molar-refractivity contribution in [1.82, 2.24) is 0 Å². The molecule has 1 heteroatoms. The summed E-state index contributed by atoms with van der Waals surface area (Å²) in [6.45, 7) is 0. The first-order chi connectivity index (χ1) is 8.23. The molecule has 0 amide bonds. The topological polar surface area (TPSA) is 26.0 Å². The zero-order valence-electron chi connectivity index (χ0n) is 10.3. The third-order valence-corrected chi connectivity index (χ3v) is 5.27. The van der Waals surface area contributed by atoms with E-state index in [2.05, 4.69) is 18.2 Å². The van der Waals surface area contributed by atoms with Crippen LogP contribution in [0.25, 0.3) is 0 Å². The molecule has 4 saturated carbocycles. The van der Waals surface area contributed by atoms with Crippen molar-refractivity contribution in [2.45, 2.75) is 43.9 Å². The van der Waals surface area contributed by atoms with Crippen LogP contribution in [0, 0.1) is 17.8 Å². The predicted molar refractivity (Wildman–Crippen MR) is 70.5 cm³/mol. The molecule has 1 aromatic rings. The van der Waals surface area contributed by atoms with Crippen molar-refractivity contribution >= 4 is 5.69 Å². The average Bonchev–Trinajstić information content (AvgIpc) is 2.27. The minimum atomic E-state index is 0.467. The molecule has 0 aliphatic heterocycles. The van der Waals surface area contributed by atoms with Crippen molar-refractivity contribution in [2.24, 2.45) is 11.8 Å². The maximum Gasteiger partial charge on any atom is 0.0316 e. The van der Waals surface area contributed by atoms with Crippen molar-refractivity contribution in [3.63, 3.8) is 0 Å². The third-order valence-electron chi connectivity index (χ3n) is 5.27. The third kappa shape index (κ3) is 1.44. The summed E-state index contributed by atoms with van der Waals surface area (Å²) in [5.41, 5.74) is 8.89. The first-order valence-electron chi connectivity index (χ1n) is 6.93. The van der Waals surface area contributed by atoms with Gasteiger partial charge in [-0.3, -0.25) is 0 Å². The van der Waals surface area contributed by atoms with Gasteiger partial charge in [-0.15, -0.1) is 0 Å². The molecule has 0 spiro atoms. The molecule has 2 unspecified atom stereocenters. The Kier molecular flexibility index (Phi) is 1.93. The first kappa shape index (κ1) is 9.99. The fourth-order valence-electron chi connectivity index (χ4n) is 5.01. The number of hydrogen-bond acceptors (Lipinski definition) is 1. The van der Waals surface area contributed by atoms with Gasteiger partial charge in [0.05, 0.1) is 0 Å². The summed E-state index contributed by atoms with van der Waals surface area (Å²) in [7, 11) is 0. The van der Waals surface area contributed by atoms with E-state index in [1.54, 1.807) is 0 Å². The smallest absolute Gasteiger partial charge is 0.0316 e. The molecule has 4 fully saturated rings. The van der Waals surface area contributed by atoms with Gasteiger partial charge >= 0.3 is 0 Å². The lowest BCUT2D eigenvalue weighted by atomic mass is 9.48. The van der Waals surface area contributed by atoms with Gasteiger partial charge in [-0.05, 0) is 79.4 Å². The second kappa shape index (κ2) is 3.28. The molecule has 4 aliphatic carbocycles. The van der Waals surface area contributed by atoms with E-state index < -0.39 is 0 Å². The number of nitrogen functional groups attached to an aromatic ring is 1. The number of rotatable bonds is 1. The Morgan fingerprint density at radius 3 is 2.53 bits per heavy atom. The Bertz CT molecular complexity index is 413. The van der Waals surface area contributed by atoms with Gasteiger partial charge in [0, 0.05) is 5.69 Å². The molecule has 1 aromatic carbocycles. The van der Waals surface area contributed by atoms with Crippen molar-refractivity contribution in [3.05, 3.63) is 35.7 Å². The van der Waals surface area contributed by atoms with E-state index in [4.69, 9.17) is 5.73 Å². The molecule has 1 radical (unpaired) electrons. The highest BCUT2D eigenvalue weighted by atomic mass is 14.6. The molecule has 0 saturated heterocycles. The minimum absolute atomic E-state index is 0.467. The van der Waals surface area contributed by atoms with Crippen molar-refractivity contribution in [3.8, 4) is 0 Å². The number of hydrogen-bond donors (Lipinski definition) is 1. The molecule has 89 valence electrons. The Hall–Kier alpha value is -0.980. The van der Waals surface area contributed by atoms with Gasteiger partial charge in [-0.2, -0.15) is 0 Å². The van der Waals surface area contributed by atoms with E-state index in [0.717, 1.165) is 17.5 Å². The maximum atomic E-state index is 5.97. The largest absolute Gasteiger partial charge is 0.399 e. The Morgan fingerprint density at radius 2 is 1.88 bits per heavy atom. The number of anilines is 1. The SMILES string of the molecule is Nc1cccc(C23C[C]4CC(CC(C4)C2)C3)c1. The van der Waals surface area contributed by atoms with Gasteiger partial charge in [0.15, 0.2) is 0 Å². The van der Waals surface area contributed by atoms with E-state index >= 15 is 0 Å². The summed E-state index contributed by atoms with van der Waals surface area (Å²) in [4.78, 5) is 0. The van der Waals surface area contributed by atoms with Crippen LogP contribution in [0.15, 0.2) is 24.3 Å². The van der Waals surface area contributed by atoms with Crippen LogP contribution in [0.4, 0.5) is 5.69 Å². The summed E-state index contributed by atoms with van der Waals surface area (Å²) in [5.74, 6) is 3.81.